The van der Waals surface area contributed by atoms with Gasteiger partial charge < -0.3 is 0 Å². The lowest BCUT2D eigenvalue weighted by Crippen LogP contribution is -1.98. The van der Waals surface area contributed by atoms with Gasteiger partial charge in [0, 0.05) is 5.56 Å². The number of carbonyl (C=O) groups excluding carboxylic acids is 1. The molecule has 0 aliphatic rings. The van der Waals surface area contributed by atoms with Crippen LogP contribution in [-0.4, -0.2) is 6.29 Å². The molecule has 2 nitrogen and oxygen atoms in total. The Balaban J connectivity index is 0.000000235. The summed E-state index contributed by atoms with van der Waals surface area (Å²) in [6.07, 6.45) is 2.43. The number of hydrogen-bond acceptors (Lipinski definition) is 2. The van der Waals surface area contributed by atoms with Gasteiger partial charge in [-0.2, -0.15) is 5.26 Å². The molecule has 2 heteroatoms. The van der Waals surface area contributed by atoms with Crippen molar-refractivity contribution in [2.75, 3.05) is 0 Å². The number of benzene rings is 2. The molecule has 0 saturated heterocycles. The van der Waals surface area contributed by atoms with E-state index >= 15 is 0 Å². The molecule has 2 aromatic carbocycles. The third-order valence-corrected chi connectivity index (χ3v) is 2.95. The van der Waals surface area contributed by atoms with Crippen molar-refractivity contribution in [1.29, 1.82) is 5.26 Å². The molecule has 0 amide bonds. The van der Waals surface area contributed by atoms with Gasteiger partial charge in [0.1, 0.15) is 6.29 Å². The second-order valence-corrected chi connectivity index (χ2v) is 5.23. The maximum atomic E-state index is 10.0. The second-order valence-electron chi connectivity index (χ2n) is 5.23. The molecular formula is C19H21NO. The van der Waals surface area contributed by atoms with Crippen molar-refractivity contribution in [1.82, 2.24) is 0 Å². The van der Waals surface area contributed by atoms with Crippen LogP contribution >= 0.6 is 0 Å². The molecule has 0 bridgehead atoms. The van der Waals surface area contributed by atoms with Crippen molar-refractivity contribution in [3.8, 4) is 6.07 Å². The van der Waals surface area contributed by atoms with Gasteiger partial charge in [0.25, 0.3) is 0 Å². The average Bonchev–Trinajstić information content (AvgIpc) is 2.50. The molecule has 0 saturated carbocycles. The van der Waals surface area contributed by atoms with Crippen molar-refractivity contribution >= 4 is 6.29 Å². The van der Waals surface area contributed by atoms with E-state index in [2.05, 4.69) is 26.0 Å². The predicted octanol–water partition coefficient (Wildman–Crippen LogP) is 4.45. The minimum Gasteiger partial charge on any atom is -0.298 e. The highest BCUT2D eigenvalue weighted by Gasteiger charge is 2.02. The van der Waals surface area contributed by atoms with Gasteiger partial charge in [0.15, 0.2) is 0 Å². The lowest BCUT2D eigenvalue weighted by molar-refractivity contribution is 0.112. The monoisotopic (exact) mass is 279 g/mol. The summed E-state index contributed by atoms with van der Waals surface area (Å²) in [7, 11) is 0. The minimum absolute atomic E-state index is 0.531. The van der Waals surface area contributed by atoms with Crippen LogP contribution in [0.25, 0.3) is 0 Å². The van der Waals surface area contributed by atoms with Crippen LogP contribution in [0.5, 0.6) is 0 Å². The Morgan fingerprint density at radius 3 is 2.05 bits per heavy atom. The van der Waals surface area contributed by atoms with Gasteiger partial charge in [-0.3, -0.25) is 4.79 Å². The van der Waals surface area contributed by atoms with E-state index in [1.165, 1.54) is 11.1 Å². The van der Waals surface area contributed by atoms with Crippen molar-refractivity contribution < 1.29 is 4.79 Å². The van der Waals surface area contributed by atoms with Gasteiger partial charge in [0.2, 0.25) is 0 Å². The highest BCUT2D eigenvalue weighted by molar-refractivity contribution is 5.74. The van der Waals surface area contributed by atoms with Crippen LogP contribution in [0.4, 0.5) is 0 Å². The van der Waals surface area contributed by atoms with Crippen LogP contribution in [0.3, 0.4) is 0 Å². The van der Waals surface area contributed by atoms with Gasteiger partial charge >= 0.3 is 0 Å². The molecule has 0 aliphatic carbocycles. The lowest BCUT2D eigenvalue weighted by atomic mass is 9.97. The van der Waals surface area contributed by atoms with Crippen LogP contribution in [-0.2, 0) is 12.8 Å². The smallest absolute Gasteiger partial charge is 0.150 e. The Bertz CT molecular complexity index is 582. The molecule has 2 rings (SSSR count). The van der Waals surface area contributed by atoms with E-state index in [1.807, 2.05) is 36.4 Å². The third kappa shape index (κ3) is 6.54. The second kappa shape index (κ2) is 9.50. The van der Waals surface area contributed by atoms with E-state index in [9.17, 15) is 4.79 Å². The maximum absolute atomic E-state index is 10.0. The molecule has 0 radical (unpaired) electrons. The standard InChI is InChI=1S/C12H15N.C7H6O/c1-10(2)9-12-6-4-3-5-11(12)7-8-13;8-6-7-4-2-1-3-5-7/h3-6,10H,7,9H2,1-2H3;1-6H. The molecule has 0 atom stereocenters. The van der Waals surface area contributed by atoms with Crippen molar-refractivity contribution in [2.45, 2.75) is 26.7 Å². The normalized spacial score (nSPS) is 9.43. The summed E-state index contributed by atoms with van der Waals surface area (Å²) in [6.45, 7) is 4.40. The van der Waals surface area contributed by atoms with Gasteiger partial charge in [-0.1, -0.05) is 68.4 Å². The van der Waals surface area contributed by atoms with Gasteiger partial charge in [0.05, 0.1) is 12.5 Å². The molecule has 108 valence electrons. The number of aldehydes is 1. The Kier molecular flexibility index (Phi) is 7.53. The fourth-order valence-electron chi connectivity index (χ4n) is 1.99. The minimum atomic E-state index is 0.531. The van der Waals surface area contributed by atoms with Crippen LogP contribution in [0.2, 0.25) is 0 Å². The number of hydrogen-bond donors (Lipinski definition) is 0. The Morgan fingerprint density at radius 1 is 1.00 bits per heavy atom. The summed E-state index contributed by atoms with van der Waals surface area (Å²) in [5.41, 5.74) is 3.23. The predicted molar refractivity (Wildman–Crippen MR) is 86.1 cm³/mol. The average molecular weight is 279 g/mol. The summed E-state index contributed by atoms with van der Waals surface area (Å²) in [5, 5.41) is 8.63. The number of carbonyl (C=O) groups is 1. The van der Waals surface area contributed by atoms with Crippen LogP contribution in [0.15, 0.2) is 54.6 Å². The summed E-state index contributed by atoms with van der Waals surface area (Å²) < 4.78 is 0. The number of rotatable bonds is 4. The molecule has 0 fully saturated rings. The fourth-order valence-corrected chi connectivity index (χ4v) is 1.99. The number of nitriles is 1. The van der Waals surface area contributed by atoms with Gasteiger partial charge in [-0.15, -0.1) is 0 Å². The molecule has 0 aliphatic heterocycles. The van der Waals surface area contributed by atoms with Crippen molar-refractivity contribution in [2.24, 2.45) is 5.92 Å². The van der Waals surface area contributed by atoms with Crippen molar-refractivity contribution in [3.63, 3.8) is 0 Å². The van der Waals surface area contributed by atoms with E-state index < -0.39 is 0 Å². The highest BCUT2D eigenvalue weighted by Crippen LogP contribution is 2.13. The summed E-state index contributed by atoms with van der Waals surface area (Å²) in [6, 6.07) is 19.5. The molecule has 0 unspecified atom stereocenters. The molecule has 0 spiro atoms. The molecule has 2 aromatic rings. The first-order valence-electron chi connectivity index (χ1n) is 7.11. The molecule has 0 aromatic heterocycles. The zero-order valence-corrected chi connectivity index (χ0v) is 12.6. The first-order valence-corrected chi connectivity index (χ1v) is 7.11. The van der Waals surface area contributed by atoms with E-state index in [4.69, 9.17) is 5.26 Å². The fraction of sp³-hybridized carbons (Fsp3) is 0.263. The van der Waals surface area contributed by atoms with Gasteiger partial charge in [-0.25, -0.2) is 0 Å². The van der Waals surface area contributed by atoms with E-state index in [1.54, 1.807) is 12.1 Å². The zero-order valence-electron chi connectivity index (χ0n) is 12.6. The third-order valence-electron chi connectivity index (χ3n) is 2.95. The van der Waals surface area contributed by atoms with E-state index in [-0.39, 0.29) is 0 Å². The molecule has 0 N–H and O–H groups in total. The molecular weight excluding hydrogens is 258 g/mol. The van der Waals surface area contributed by atoms with Crippen LogP contribution < -0.4 is 0 Å². The topological polar surface area (TPSA) is 40.9 Å². The Labute approximate surface area is 127 Å². The van der Waals surface area contributed by atoms with Crippen LogP contribution in [0.1, 0.15) is 35.3 Å². The first kappa shape index (κ1) is 16.7. The first-order chi connectivity index (χ1) is 10.2. The van der Waals surface area contributed by atoms with Gasteiger partial charge in [-0.05, 0) is 23.5 Å². The number of nitrogens with zero attached hydrogens (tertiary/aromatic N) is 1. The van der Waals surface area contributed by atoms with E-state index in [0.717, 1.165) is 18.3 Å². The summed E-state index contributed by atoms with van der Waals surface area (Å²) >= 11 is 0. The van der Waals surface area contributed by atoms with E-state index in [0.29, 0.717) is 12.3 Å². The largest absolute Gasteiger partial charge is 0.298 e. The summed E-state index contributed by atoms with van der Waals surface area (Å²) in [4.78, 5) is 10.0. The maximum Gasteiger partial charge on any atom is 0.150 e. The Morgan fingerprint density at radius 2 is 1.57 bits per heavy atom. The molecule has 21 heavy (non-hydrogen) atoms. The summed E-state index contributed by atoms with van der Waals surface area (Å²) in [5.74, 6) is 0.653. The highest BCUT2D eigenvalue weighted by atomic mass is 16.1. The quantitative estimate of drug-likeness (QED) is 0.776. The Hall–Kier alpha value is -2.40. The zero-order chi connectivity index (χ0) is 15.5. The van der Waals surface area contributed by atoms with Crippen molar-refractivity contribution in [3.05, 3.63) is 71.3 Å². The SMILES string of the molecule is CC(C)Cc1ccccc1CC#N.O=Cc1ccccc1. The van der Waals surface area contributed by atoms with Crippen LogP contribution in [0, 0.1) is 17.2 Å². The lowest BCUT2D eigenvalue weighted by Gasteiger charge is -2.08. The molecule has 0 heterocycles.